The minimum Gasteiger partial charge on any atom is -0.341 e. The van der Waals surface area contributed by atoms with Gasteiger partial charge in [-0.05, 0) is 6.92 Å². The largest absolute Gasteiger partial charge is 0.341 e. The van der Waals surface area contributed by atoms with Gasteiger partial charge in [0.05, 0.1) is 0 Å². The lowest BCUT2D eigenvalue weighted by Gasteiger charge is -2.22. The Kier molecular flexibility index (Phi) is 5.99. The van der Waals surface area contributed by atoms with E-state index in [1.54, 1.807) is 13.0 Å². The van der Waals surface area contributed by atoms with E-state index in [1.165, 1.54) is 17.8 Å². The molecule has 0 aliphatic rings. The third kappa shape index (κ3) is 3.50. The van der Waals surface area contributed by atoms with E-state index in [2.05, 4.69) is 28.4 Å². The van der Waals surface area contributed by atoms with Crippen molar-refractivity contribution in [1.82, 2.24) is 9.13 Å². The van der Waals surface area contributed by atoms with Gasteiger partial charge >= 0.3 is 5.69 Å². The van der Waals surface area contributed by atoms with E-state index in [9.17, 15) is 9.59 Å². The van der Waals surface area contributed by atoms with E-state index < -0.39 is 18.0 Å². The van der Waals surface area contributed by atoms with Crippen molar-refractivity contribution in [2.75, 3.05) is 5.33 Å². The molecule has 0 amide bonds. The fourth-order valence-electron chi connectivity index (χ4n) is 1.73. The number of terminal acetylenes is 1. The molecule has 5 nitrogen and oxygen atoms in total. The quantitative estimate of drug-likeness (QED) is 0.446. The van der Waals surface area contributed by atoms with Gasteiger partial charge in [0.1, 0.15) is 12.3 Å². The van der Waals surface area contributed by atoms with Crippen LogP contribution < -0.4 is 11.2 Å². The molecule has 0 N–H and O–H groups in total. The lowest BCUT2D eigenvalue weighted by molar-refractivity contribution is -0.0136. The summed E-state index contributed by atoms with van der Waals surface area (Å²) in [6, 6.07) is 0. The fourth-order valence-corrected chi connectivity index (χ4v) is 2.19. The average molecular weight is 341 g/mol. The number of aromatic nitrogens is 2. The second-order valence-corrected chi connectivity index (χ2v) is 4.94. The summed E-state index contributed by atoms with van der Waals surface area (Å²) < 4.78 is 8.11. The summed E-state index contributed by atoms with van der Waals surface area (Å²) in [6.07, 6.45) is 7.95. The maximum atomic E-state index is 12.1. The van der Waals surface area contributed by atoms with Crippen molar-refractivity contribution in [2.45, 2.75) is 25.7 Å². The van der Waals surface area contributed by atoms with Gasteiger partial charge in [-0.1, -0.05) is 27.9 Å². The first-order valence-corrected chi connectivity index (χ1v) is 7.15. The van der Waals surface area contributed by atoms with Gasteiger partial charge in [0.25, 0.3) is 5.56 Å². The topological polar surface area (TPSA) is 53.2 Å². The molecule has 0 bridgehead atoms. The third-order valence-corrected chi connectivity index (χ3v) is 3.37. The van der Waals surface area contributed by atoms with Crippen LogP contribution in [-0.4, -0.2) is 20.6 Å². The SMILES string of the molecule is C#CC(CC=C)OC(CBr)n1cc(C)c(=O)n(C)c1=O. The van der Waals surface area contributed by atoms with Crippen molar-refractivity contribution in [3.8, 4) is 12.3 Å². The Labute approximate surface area is 126 Å². The van der Waals surface area contributed by atoms with Crippen LogP contribution in [0, 0.1) is 19.3 Å². The van der Waals surface area contributed by atoms with Crippen LogP contribution in [0.15, 0.2) is 28.4 Å². The van der Waals surface area contributed by atoms with Crippen LogP contribution >= 0.6 is 15.9 Å². The highest BCUT2D eigenvalue weighted by Crippen LogP contribution is 2.14. The normalized spacial score (nSPS) is 13.5. The van der Waals surface area contributed by atoms with Crippen molar-refractivity contribution in [2.24, 2.45) is 7.05 Å². The van der Waals surface area contributed by atoms with Gasteiger partial charge in [-0.3, -0.25) is 13.9 Å². The predicted octanol–water partition coefficient (Wildman–Crippen LogP) is 1.34. The zero-order valence-corrected chi connectivity index (χ0v) is 13.1. The number of nitrogens with zero attached hydrogens (tertiary/aromatic N) is 2. The molecule has 0 saturated heterocycles. The second-order valence-electron chi connectivity index (χ2n) is 4.29. The molecule has 0 radical (unpaired) electrons. The summed E-state index contributed by atoms with van der Waals surface area (Å²) >= 11 is 3.30. The fraction of sp³-hybridized carbons (Fsp3) is 0.429. The summed E-state index contributed by atoms with van der Waals surface area (Å²) in [5, 5.41) is 0.375. The molecular formula is C14H17BrN2O3. The van der Waals surface area contributed by atoms with Crippen molar-refractivity contribution in [3.05, 3.63) is 45.3 Å². The highest BCUT2D eigenvalue weighted by Gasteiger charge is 2.18. The summed E-state index contributed by atoms with van der Waals surface area (Å²) in [5.41, 5.74) is -0.304. The van der Waals surface area contributed by atoms with E-state index in [1.807, 2.05) is 0 Å². The Morgan fingerprint density at radius 2 is 2.25 bits per heavy atom. The van der Waals surface area contributed by atoms with Gasteiger partial charge < -0.3 is 4.74 Å². The molecule has 1 aromatic heterocycles. The first-order chi connectivity index (χ1) is 9.46. The van der Waals surface area contributed by atoms with E-state index in [4.69, 9.17) is 11.2 Å². The van der Waals surface area contributed by atoms with E-state index in [0.717, 1.165) is 4.57 Å². The molecule has 0 spiro atoms. The minimum absolute atomic E-state index is 0.320. The van der Waals surface area contributed by atoms with E-state index >= 15 is 0 Å². The molecule has 2 atom stereocenters. The molecule has 0 saturated carbocycles. The Morgan fingerprint density at radius 1 is 1.60 bits per heavy atom. The van der Waals surface area contributed by atoms with Gasteiger partial charge in [0, 0.05) is 30.6 Å². The van der Waals surface area contributed by atoms with Gasteiger partial charge in [0.15, 0.2) is 0 Å². The monoisotopic (exact) mass is 340 g/mol. The van der Waals surface area contributed by atoms with Crippen LogP contribution in [0.25, 0.3) is 0 Å². The number of aryl methyl sites for hydroxylation is 1. The third-order valence-electron chi connectivity index (χ3n) is 2.81. The van der Waals surface area contributed by atoms with Crippen LogP contribution in [0.2, 0.25) is 0 Å². The Bertz CT molecular complexity index is 639. The number of hydrogen-bond donors (Lipinski definition) is 0. The molecule has 0 aliphatic heterocycles. The molecule has 6 heteroatoms. The molecule has 0 aliphatic carbocycles. The van der Waals surface area contributed by atoms with E-state index in [-0.39, 0.29) is 5.56 Å². The molecule has 20 heavy (non-hydrogen) atoms. The summed E-state index contributed by atoms with van der Waals surface area (Å²) in [7, 11) is 1.43. The van der Waals surface area contributed by atoms with Crippen molar-refractivity contribution >= 4 is 15.9 Å². The maximum Gasteiger partial charge on any atom is 0.332 e. The van der Waals surface area contributed by atoms with Crippen molar-refractivity contribution in [1.29, 1.82) is 0 Å². The zero-order chi connectivity index (χ0) is 15.3. The van der Waals surface area contributed by atoms with Crippen LogP contribution in [0.4, 0.5) is 0 Å². The van der Waals surface area contributed by atoms with E-state index in [0.29, 0.717) is 17.3 Å². The number of ether oxygens (including phenoxy) is 1. The van der Waals surface area contributed by atoms with Gasteiger partial charge in [-0.2, -0.15) is 0 Å². The predicted molar refractivity (Wildman–Crippen MR) is 82.0 cm³/mol. The second kappa shape index (κ2) is 7.27. The van der Waals surface area contributed by atoms with Crippen LogP contribution in [0.1, 0.15) is 18.2 Å². The highest BCUT2D eigenvalue weighted by atomic mass is 79.9. The zero-order valence-electron chi connectivity index (χ0n) is 11.5. The average Bonchev–Trinajstić information content (AvgIpc) is 2.45. The standard InChI is InChI=1S/C14H17BrN2O3/c1-5-7-11(6-2)20-12(8-15)17-9-10(3)13(18)16(4)14(17)19/h2,5,9,11-12H,1,7-8H2,3-4H3. The Balaban J connectivity index is 3.20. The molecule has 108 valence electrons. The molecule has 1 aromatic rings. The number of hydrogen-bond acceptors (Lipinski definition) is 3. The lowest BCUT2D eigenvalue weighted by atomic mass is 10.2. The van der Waals surface area contributed by atoms with Crippen LogP contribution in [-0.2, 0) is 11.8 Å². The van der Waals surface area contributed by atoms with Gasteiger partial charge in [-0.15, -0.1) is 13.0 Å². The van der Waals surface area contributed by atoms with Crippen LogP contribution in [0.3, 0.4) is 0 Å². The molecule has 0 aromatic carbocycles. The minimum atomic E-state index is -0.589. The molecule has 0 fully saturated rings. The first-order valence-electron chi connectivity index (χ1n) is 6.03. The molecule has 1 rings (SSSR count). The number of halogens is 1. The van der Waals surface area contributed by atoms with Crippen molar-refractivity contribution in [3.63, 3.8) is 0 Å². The molecule has 2 unspecified atom stereocenters. The first kappa shape index (κ1) is 16.5. The van der Waals surface area contributed by atoms with Crippen molar-refractivity contribution < 1.29 is 4.74 Å². The summed E-state index contributed by atoms with van der Waals surface area (Å²) in [5.74, 6) is 2.50. The molecular weight excluding hydrogens is 324 g/mol. The number of alkyl halides is 1. The number of rotatable bonds is 6. The highest BCUT2D eigenvalue weighted by molar-refractivity contribution is 9.09. The van der Waals surface area contributed by atoms with Gasteiger partial charge in [-0.25, -0.2) is 4.79 Å². The summed E-state index contributed by atoms with van der Waals surface area (Å²) in [4.78, 5) is 23.8. The van der Waals surface area contributed by atoms with Gasteiger partial charge in [0.2, 0.25) is 0 Å². The smallest absolute Gasteiger partial charge is 0.332 e. The molecule has 1 heterocycles. The summed E-state index contributed by atoms with van der Waals surface area (Å²) in [6.45, 7) is 5.26. The lowest BCUT2D eigenvalue weighted by Crippen LogP contribution is -2.41. The Morgan fingerprint density at radius 3 is 2.75 bits per heavy atom. The maximum absolute atomic E-state index is 12.1. The van der Waals surface area contributed by atoms with Crippen LogP contribution in [0.5, 0.6) is 0 Å². The Hall–Kier alpha value is -1.58.